The van der Waals surface area contributed by atoms with Crippen LogP contribution in [0.3, 0.4) is 0 Å². The first kappa shape index (κ1) is 12.9. The summed E-state index contributed by atoms with van der Waals surface area (Å²) in [7, 11) is 2.20. The van der Waals surface area contributed by atoms with Gasteiger partial charge in [0.1, 0.15) is 0 Å². The minimum absolute atomic E-state index is 0.658. The Kier molecular flexibility index (Phi) is 7.29. The van der Waals surface area contributed by atoms with E-state index >= 15 is 0 Å². The second kappa shape index (κ2) is 7.34. The van der Waals surface area contributed by atoms with E-state index in [-0.39, 0.29) is 0 Å². The highest BCUT2D eigenvalue weighted by molar-refractivity contribution is 4.64. The molecule has 0 saturated carbocycles. The van der Waals surface area contributed by atoms with Crippen LogP contribution in [0.25, 0.3) is 0 Å². The minimum atomic E-state index is 0.658. The van der Waals surface area contributed by atoms with E-state index in [4.69, 9.17) is 0 Å². The van der Waals surface area contributed by atoms with Gasteiger partial charge in [-0.3, -0.25) is 0 Å². The molecule has 0 fully saturated rings. The van der Waals surface area contributed by atoms with E-state index in [9.17, 15) is 0 Å². The van der Waals surface area contributed by atoms with Crippen molar-refractivity contribution in [3.63, 3.8) is 0 Å². The average molecular weight is 186 g/mol. The molecular formula is C11H26N2. The zero-order valence-corrected chi connectivity index (χ0v) is 9.93. The fourth-order valence-electron chi connectivity index (χ4n) is 1.16. The van der Waals surface area contributed by atoms with Crippen molar-refractivity contribution < 1.29 is 0 Å². The van der Waals surface area contributed by atoms with E-state index in [1.54, 1.807) is 0 Å². The van der Waals surface area contributed by atoms with E-state index in [2.05, 4.69) is 45.0 Å². The summed E-state index contributed by atoms with van der Waals surface area (Å²) >= 11 is 0. The van der Waals surface area contributed by atoms with Crippen LogP contribution in [0, 0.1) is 0 Å². The predicted octanol–water partition coefficient (Wildman–Crippen LogP) is 2.10. The highest BCUT2D eigenvalue weighted by Crippen LogP contribution is 1.98. The smallest absolute Gasteiger partial charge is 0.0107 e. The maximum Gasteiger partial charge on any atom is 0.0107 e. The topological polar surface area (TPSA) is 15.3 Å². The van der Waals surface area contributed by atoms with Crippen molar-refractivity contribution in [2.24, 2.45) is 0 Å². The third-order valence-electron chi connectivity index (χ3n) is 2.91. The van der Waals surface area contributed by atoms with Gasteiger partial charge in [0.05, 0.1) is 0 Å². The maximum absolute atomic E-state index is 3.50. The number of rotatable bonds is 7. The molecule has 0 aromatic heterocycles. The zero-order chi connectivity index (χ0) is 10.3. The number of hydrogen-bond donors (Lipinski definition) is 1. The van der Waals surface area contributed by atoms with Crippen molar-refractivity contribution in [3.05, 3.63) is 0 Å². The first-order valence-electron chi connectivity index (χ1n) is 5.55. The minimum Gasteiger partial charge on any atom is -0.313 e. The standard InChI is InChI=1S/C11H26N2/c1-6-10(3)12-8-9-13(5)11(4)7-2/h10-12H,6-9H2,1-5H3. The van der Waals surface area contributed by atoms with Crippen LogP contribution in [0.15, 0.2) is 0 Å². The Labute approximate surface area is 83.7 Å². The SMILES string of the molecule is CCC(C)NCCN(C)C(C)CC. The molecule has 0 spiro atoms. The van der Waals surface area contributed by atoms with Gasteiger partial charge >= 0.3 is 0 Å². The fraction of sp³-hybridized carbons (Fsp3) is 1.00. The Morgan fingerprint density at radius 3 is 2.23 bits per heavy atom. The summed E-state index contributed by atoms with van der Waals surface area (Å²) in [5.41, 5.74) is 0. The van der Waals surface area contributed by atoms with Crippen molar-refractivity contribution in [2.75, 3.05) is 20.1 Å². The Morgan fingerprint density at radius 1 is 1.15 bits per heavy atom. The summed E-state index contributed by atoms with van der Waals surface area (Å²) in [6.07, 6.45) is 2.45. The molecule has 0 saturated heterocycles. The van der Waals surface area contributed by atoms with Gasteiger partial charge in [0.25, 0.3) is 0 Å². The second-order valence-electron chi connectivity index (χ2n) is 4.00. The number of nitrogens with one attached hydrogen (secondary N) is 1. The van der Waals surface area contributed by atoms with E-state index < -0.39 is 0 Å². The van der Waals surface area contributed by atoms with Crippen molar-refractivity contribution in [1.29, 1.82) is 0 Å². The highest BCUT2D eigenvalue weighted by atomic mass is 15.1. The summed E-state index contributed by atoms with van der Waals surface area (Å²) < 4.78 is 0. The van der Waals surface area contributed by atoms with Crippen LogP contribution in [0.5, 0.6) is 0 Å². The summed E-state index contributed by atoms with van der Waals surface area (Å²) in [6, 6.07) is 1.36. The van der Waals surface area contributed by atoms with Crippen LogP contribution in [-0.4, -0.2) is 37.1 Å². The Bertz CT molecular complexity index is 115. The average Bonchev–Trinajstić information content (AvgIpc) is 2.15. The summed E-state index contributed by atoms with van der Waals surface area (Å²) in [6.45, 7) is 11.2. The van der Waals surface area contributed by atoms with E-state index in [0.717, 1.165) is 13.1 Å². The second-order valence-corrected chi connectivity index (χ2v) is 4.00. The van der Waals surface area contributed by atoms with Gasteiger partial charge in [-0.1, -0.05) is 13.8 Å². The predicted molar refractivity (Wildman–Crippen MR) is 60.1 cm³/mol. The molecule has 0 aliphatic heterocycles. The van der Waals surface area contributed by atoms with E-state index in [1.165, 1.54) is 12.8 Å². The van der Waals surface area contributed by atoms with Crippen LogP contribution < -0.4 is 5.32 Å². The number of nitrogens with zero attached hydrogens (tertiary/aromatic N) is 1. The largest absolute Gasteiger partial charge is 0.313 e. The normalized spacial score (nSPS) is 16.2. The van der Waals surface area contributed by atoms with E-state index in [1.807, 2.05) is 0 Å². The first-order chi connectivity index (χ1) is 6.11. The van der Waals surface area contributed by atoms with Gasteiger partial charge in [-0.25, -0.2) is 0 Å². The first-order valence-corrected chi connectivity index (χ1v) is 5.55. The van der Waals surface area contributed by atoms with Gasteiger partial charge in [0.15, 0.2) is 0 Å². The molecule has 2 atom stereocenters. The van der Waals surface area contributed by atoms with Crippen molar-refractivity contribution in [3.8, 4) is 0 Å². The molecule has 0 aromatic carbocycles. The zero-order valence-electron chi connectivity index (χ0n) is 9.93. The van der Waals surface area contributed by atoms with Gasteiger partial charge in [-0.05, 0) is 33.7 Å². The van der Waals surface area contributed by atoms with Gasteiger partial charge < -0.3 is 10.2 Å². The molecule has 0 aliphatic carbocycles. The van der Waals surface area contributed by atoms with Crippen LogP contribution in [-0.2, 0) is 0 Å². The van der Waals surface area contributed by atoms with Crippen molar-refractivity contribution in [1.82, 2.24) is 10.2 Å². The third-order valence-corrected chi connectivity index (χ3v) is 2.91. The molecule has 0 rings (SSSR count). The molecule has 0 radical (unpaired) electrons. The van der Waals surface area contributed by atoms with Crippen LogP contribution >= 0.6 is 0 Å². The molecule has 0 aromatic rings. The lowest BCUT2D eigenvalue weighted by Crippen LogP contribution is -2.37. The quantitative estimate of drug-likeness (QED) is 0.655. The fourth-order valence-corrected chi connectivity index (χ4v) is 1.16. The molecule has 1 N–H and O–H groups in total. The lowest BCUT2D eigenvalue weighted by atomic mass is 10.2. The molecule has 0 amide bonds. The van der Waals surface area contributed by atoms with Crippen LogP contribution in [0.4, 0.5) is 0 Å². The summed E-state index contributed by atoms with van der Waals surface area (Å²) in [5.74, 6) is 0. The summed E-state index contributed by atoms with van der Waals surface area (Å²) in [5, 5.41) is 3.50. The Balaban J connectivity index is 3.41. The van der Waals surface area contributed by atoms with Crippen LogP contribution in [0.2, 0.25) is 0 Å². The Hall–Kier alpha value is -0.0800. The molecule has 80 valence electrons. The molecular weight excluding hydrogens is 160 g/mol. The van der Waals surface area contributed by atoms with Gasteiger partial charge in [0.2, 0.25) is 0 Å². The maximum atomic E-state index is 3.50. The van der Waals surface area contributed by atoms with Gasteiger partial charge in [0, 0.05) is 25.2 Å². The highest BCUT2D eigenvalue weighted by Gasteiger charge is 2.05. The van der Waals surface area contributed by atoms with Gasteiger partial charge in [-0.15, -0.1) is 0 Å². The Morgan fingerprint density at radius 2 is 1.77 bits per heavy atom. The van der Waals surface area contributed by atoms with Crippen molar-refractivity contribution in [2.45, 2.75) is 52.6 Å². The summed E-state index contributed by atoms with van der Waals surface area (Å²) in [4.78, 5) is 2.41. The van der Waals surface area contributed by atoms with Gasteiger partial charge in [-0.2, -0.15) is 0 Å². The molecule has 0 bridgehead atoms. The van der Waals surface area contributed by atoms with E-state index in [0.29, 0.717) is 12.1 Å². The van der Waals surface area contributed by atoms with Crippen LogP contribution in [0.1, 0.15) is 40.5 Å². The monoisotopic (exact) mass is 186 g/mol. The molecule has 2 heteroatoms. The number of likely N-dealkylation sites (N-methyl/N-ethyl adjacent to an activating group) is 1. The lowest BCUT2D eigenvalue weighted by molar-refractivity contribution is 0.248. The number of hydrogen-bond acceptors (Lipinski definition) is 2. The molecule has 2 unspecified atom stereocenters. The molecule has 0 heterocycles. The third kappa shape index (κ3) is 6.05. The lowest BCUT2D eigenvalue weighted by Gasteiger charge is -2.24. The molecule has 2 nitrogen and oxygen atoms in total. The molecule has 13 heavy (non-hydrogen) atoms. The van der Waals surface area contributed by atoms with Crippen molar-refractivity contribution >= 4 is 0 Å². The molecule has 0 aliphatic rings.